The van der Waals surface area contributed by atoms with E-state index in [-0.39, 0.29) is 5.91 Å². The minimum atomic E-state index is 0.118. The number of pyridine rings is 1. The van der Waals surface area contributed by atoms with Crippen LogP contribution in [-0.4, -0.2) is 10.9 Å². The maximum atomic E-state index is 11.8. The molecule has 1 heterocycles. The largest absolute Gasteiger partial charge is 0.326 e. The first-order chi connectivity index (χ1) is 10.2. The Labute approximate surface area is 129 Å². The van der Waals surface area contributed by atoms with Gasteiger partial charge in [0.05, 0.1) is 0 Å². The number of anilines is 1. The summed E-state index contributed by atoms with van der Waals surface area (Å²) in [6, 6.07) is 1.85. The first kappa shape index (κ1) is 17.7. The molecule has 0 aromatic carbocycles. The monoisotopic (exact) mass is 290 g/mol. The van der Waals surface area contributed by atoms with E-state index in [2.05, 4.69) is 17.2 Å². The van der Waals surface area contributed by atoms with E-state index in [0.717, 1.165) is 24.1 Å². The summed E-state index contributed by atoms with van der Waals surface area (Å²) in [7, 11) is 0. The molecule has 1 aromatic heterocycles. The number of aryl methyl sites for hydroxylation is 1. The van der Waals surface area contributed by atoms with E-state index in [4.69, 9.17) is 0 Å². The number of unbranched alkanes of at least 4 members (excludes halogenated alkanes) is 8. The number of rotatable bonds is 11. The second-order valence-corrected chi connectivity index (χ2v) is 5.82. The molecule has 0 bridgehead atoms. The number of aromatic nitrogens is 1. The Morgan fingerprint density at radius 1 is 1.05 bits per heavy atom. The van der Waals surface area contributed by atoms with Gasteiger partial charge in [-0.25, -0.2) is 0 Å². The van der Waals surface area contributed by atoms with Crippen molar-refractivity contribution in [1.82, 2.24) is 4.98 Å². The molecule has 0 aliphatic carbocycles. The molecule has 3 nitrogen and oxygen atoms in total. The van der Waals surface area contributed by atoms with Crippen molar-refractivity contribution in [3.8, 4) is 0 Å². The van der Waals surface area contributed by atoms with E-state index in [1.54, 1.807) is 12.4 Å². The topological polar surface area (TPSA) is 42.0 Å². The van der Waals surface area contributed by atoms with Crippen molar-refractivity contribution in [2.75, 3.05) is 5.32 Å². The predicted molar refractivity (Wildman–Crippen MR) is 89.4 cm³/mol. The summed E-state index contributed by atoms with van der Waals surface area (Å²) in [6.07, 6.45) is 15.6. The molecule has 0 radical (unpaired) electrons. The highest BCUT2D eigenvalue weighted by Crippen LogP contribution is 2.14. The molecule has 118 valence electrons. The first-order valence-electron chi connectivity index (χ1n) is 8.44. The molecular weight excluding hydrogens is 260 g/mol. The number of hydrogen-bond donors (Lipinski definition) is 1. The standard InChI is InChI=1S/C18H30N2O/c1-3-4-5-6-7-8-9-10-11-12-18(21)20-17-13-14-19-15-16(17)2/h13-15H,3-12H2,1-2H3,(H,19,20,21). The molecule has 1 amide bonds. The Hall–Kier alpha value is -1.38. The highest BCUT2D eigenvalue weighted by atomic mass is 16.1. The van der Waals surface area contributed by atoms with E-state index in [1.165, 1.54) is 44.9 Å². The average Bonchev–Trinajstić information content (AvgIpc) is 2.48. The fourth-order valence-corrected chi connectivity index (χ4v) is 2.42. The van der Waals surface area contributed by atoms with Crippen LogP contribution in [0.4, 0.5) is 5.69 Å². The summed E-state index contributed by atoms with van der Waals surface area (Å²) in [6.45, 7) is 4.21. The van der Waals surface area contributed by atoms with Crippen LogP contribution in [0.2, 0.25) is 0 Å². The first-order valence-corrected chi connectivity index (χ1v) is 8.44. The lowest BCUT2D eigenvalue weighted by Gasteiger charge is -2.07. The maximum Gasteiger partial charge on any atom is 0.224 e. The molecule has 0 spiro atoms. The van der Waals surface area contributed by atoms with Crippen LogP contribution in [0.3, 0.4) is 0 Å². The lowest BCUT2D eigenvalue weighted by Crippen LogP contribution is -2.12. The van der Waals surface area contributed by atoms with Gasteiger partial charge in [0, 0.05) is 24.5 Å². The SMILES string of the molecule is CCCCCCCCCCCC(=O)Nc1ccncc1C. The van der Waals surface area contributed by atoms with Crippen LogP contribution in [-0.2, 0) is 4.79 Å². The molecule has 1 aromatic rings. The third-order valence-electron chi connectivity index (χ3n) is 3.80. The summed E-state index contributed by atoms with van der Waals surface area (Å²) < 4.78 is 0. The molecule has 21 heavy (non-hydrogen) atoms. The van der Waals surface area contributed by atoms with Gasteiger partial charge in [0.1, 0.15) is 0 Å². The predicted octanol–water partition coefficient (Wildman–Crippen LogP) is 5.25. The second kappa shape index (κ2) is 11.3. The molecular formula is C18H30N2O. The molecule has 1 rings (SSSR count). The van der Waals surface area contributed by atoms with Gasteiger partial charge in [-0.2, -0.15) is 0 Å². The van der Waals surface area contributed by atoms with Crippen LogP contribution in [0.15, 0.2) is 18.5 Å². The van der Waals surface area contributed by atoms with E-state index in [0.29, 0.717) is 6.42 Å². The summed E-state index contributed by atoms with van der Waals surface area (Å²) in [5.74, 6) is 0.118. The summed E-state index contributed by atoms with van der Waals surface area (Å²) in [4.78, 5) is 15.9. The number of amides is 1. The molecule has 0 aliphatic rings. The smallest absolute Gasteiger partial charge is 0.224 e. The van der Waals surface area contributed by atoms with Crippen LogP contribution in [0.1, 0.15) is 76.7 Å². The van der Waals surface area contributed by atoms with E-state index >= 15 is 0 Å². The third-order valence-corrected chi connectivity index (χ3v) is 3.80. The maximum absolute atomic E-state index is 11.8. The fraction of sp³-hybridized carbons (Fsp3) is 0.667. The van der Waals surface area contributed by atoms with Crippen molar-refractivity contribution in [2.45, 2.75) is 78.1 Å². The zero-order valence-corrected chi connectivity index (χ0v) is 13.7. The Kier molecular flexibility index (Phi) is 9.51. The zero-order chi connectivity index (χ0) is 15.3. The van der Waals surface area contributed by atoms with Crippen molar-refractivity contribution in [1.29, 1.82) is 0 Å². The molecule has 3 heteroatoms. The van der Waals surface area contributed by atoms with Crippen molar-refractivity contribution >= 4 is 11.6 Å². The van der Waals surface area contributed by atoms with Gasteiger partial charge < -0.3 is 5.32 Å². The Balaban J connectivity index is 2.00. The van der Waals surface area contributed by atoms with Gasteiger partial charge in [-0.05, 0) is 25.0 Å². The summed E-state index contributed by atoms with van der Waals surface area (Å²) >= 11 is 0. The number of nitrogens with one attached hydrogen (secondary N) is 1. The average molecular weight is 290 g/mol. The molecule has 0 aliphatic heterocycles. The third kappa shape index (κ3) is 8.49. The zero-order valence-electron chi connectivity index (χ0n) is 13.7. The van der Waals surface area contributed by atoms with Gasteiger partial charge in [0.2, 0.25) is 5.91 Å². The minimum absolute atomic E-state index is 0.118. The van der Waals surface area contributed by atoms with Crippen LogP contribution in [0.25, 0.3) is 0 Å². The van der Waals surface area contributed by atoms with Crippen molar-refractivity contribution in [2.24, 2.45) is 0 Å². The number of hydrogen-bond acceptors (Lipinski definition) is 2. The van der Waals surface area contributed by atoms with Crippen LogP contribution in [0.5, 0.6) is 0 Å². The van der Waals surface area contributed by atoms with E-state index in [1.807, 2.05) is 13.0 Å². The molecule has 0 saturated heterocycles. The van der Waals surface area contributed by atoms with Crippen LogP contribution in [0, 0.1) is 6.92 Å². The van der Waals surface area contributed by atoms with Crippen LogP contribution < -0.4 is 5.32 Å². The van der Waals surface area contributed by atoms with Crippen molar-refractivity contribution in [3.05, 3.63) is 24.0 Å². The number of nitrogens with zero attached hydrogens (tertiary/aromatic N) is 1. The summed E-state index contributed by atoms with van der Waals surface area (Å²) in [5, 5.41) is 2.96. The lowest BCUT2D eigenvalue weighted by atomic mass is 10.1. The van der Waals surface area contributed by atoms with E-state index in [9.17, 15) is 4.79 Å². The second-order valence-electron chi connectivity index (χ2n) is 5.82. The highest BCUT2D eigenvalue weighted by molar-refractivity contribution is 5.91. The Morgan fingerprint density at radius 3 is 2.29 bits per heavy atom. The van der Waals surface area contributed by atoms with Crippen molar-refractivity contribution in [3.63, 3.8) is 0 Å². The van der Waals surface area contributed by atoms with Gasteiger partial charge in [-0.3, -0.25) is 9.78 Å². The lowest BCUT2D eigenvalue weighted by molar-refractivity contribution is -0.116. The van der Waals surface area contributed by atoms with Crippen LogP contribution >= 0.6 is 0 Å². The van der Waals surface area contributed by atoms with Crippen molar-refractivity contribution < 1.29 is 4.79 Å². The highest BCUT2D eigenvalue weighted by Gasteiger charge is 2.04. The van der Waals surface area contributed by atoms with Gasteiger partial charge in [-0.15, -0.1) is 0 Å². The molecule has 0 unspecified atom stereocenters. The minimum Gasteiger partial charge on any atom is -0.326 e. The Bertz CT molecular complexity index is 404. The number of carbonyl (C=O) groups excluding carboxylic acids is 1. The Morgan fingerprint density at radius 2 is 1.67 bits per heavy atom. The molecule has 0 saturated carbocycles. The number of carbonyl (C=O) groups is 1. The molecule has 0 fully saturated rings. The van der Waals surface area contributed by atoms with E-state index < -0.39 is 0 Å². The van der Waals surface area contributed by atoms with Gasteiger partial charge in [0.25, 0.3) is 0 Å². The van der Waals surface area contributed by atoms with Gasteiger partial charge in [0.15, 0.2) is 0 Å². The summed E-state index contributed by atoms with van der Waals surface area (Å²) in [5.41, 5.74) is 1.89. The molecule has 1 N–H and O–H groups in total. The molecule has 0 atom stereocenters. The fourth-order valence-electron chi connectivity index (χ4n) is 2.42. The normalized spacial score (nSPS) is 10.6. The van der Waals surface area contributed by atoms with Gasteiger partial charge in [-0.1, -0.05) is 58.3 Å². The quantitative estimate of drug-likeness (QED) is 0.565. The van der Waals surface area contributed by atoms with Gasteiger partial charge >= 0.3 is 0 Å².